The van der Waals surface area contributed by atoms with Crippen molar-refractivity contribution in [2.24, 2.45) is 0 Å². The van der Waals surface area contributed by atoms with Gasteiger partial charge in [0.15, 0.2) is 11.5 Å². The smallest absolute Gasteiger partial charge is 0.225 e. The van der Waals surface area contributed by atoms with Crippen molar-refractivity contribution < 1.29 is 19.3 Å². The number of methoxy groups -OCH3 is 2. The van der Waals surface area contributed by atoms with Crippen LogP contribution in [0.3, 0.4) is 0 Å². The van der Waals surface area contributed by atoms with Gasteiger partial charge in [0, 0.05) is 48.9 Å². The highest BCUT2D eigenvalue weighted by atomic mass is 16.5. The first-order valence-corrected chi connectivity index (χ1v) is 12.7. The average molecular weight is 481 g/mol. The average Bonchev–Trinajstić information content (AvgIpc) is 2.87. The normalized spacial score (nSPS) is 18.0. The van der Waals surface area contributed by atoms with Crippen molar-refractivity contribution in [1.82, 2.24) is 9.97 Å². The molecule has 1 aliphatic heterocycles. The molecule has 2 heterocycles. The maximum Gasteiger partial charge on any atom is 0.225 e. The van der Waals surface area contributed by atoms with Gasteiger partial charge < -0.3 is 29.9 Å². The molecule has 0 aliphatic carbocycles. The van der Waals surface area contributed by atoms with Crippen molar-refractivity contribution in [1.29, 1.82) is 0 Å². The van der Waals surface area contributed by atoms with Crippen LogP contribution >= 0.6 is 0 Å². The fraction of sp³-hybridized carbons (Fsp3) is 0.481. The molecule has 0 amide bonds. The van der Waals surface area contributed by atoms with Crippen LogP contribution in [0.25, 0.3) is 10.9 Å². The first-order chi connectivity index (χ1) is 17.1. The molecule has 188 valence electrons. The Balaban J connectivity index is 1.49. The first kappa shape index (κ1) is 25.0. The number of anilines is 2. The number of hydrogen-bond acceptors (Lipinski definition) is 6. The van der Waals surface area contributed by atoms with E-state index < -0.39 is 0 Å². The SMILES string of the molecule is COc1cc2nc(NCCC[NH+](C)C)nc(NC3CC[NH+](Cc4ccccc4)CC3)c2cc1OC. The highest BCUT2D eigenvalue weighted by Gasteiger charge is 2.24. The molecule has 0 bridgehead atoms. The number of ether oxygens (including phenoxy) is 2. The van der Waals surface area contributed by atoms with Gasteiger partial charge in [0.25, 0.3) is 0 Å². The lowest BCUT2D eigenvalue weighted by atomic mass is 10.0. The minimum atomic E-state index is 0.380. The van der Waals surface area contributed by atoms with Crippen molar-refractivity contribution in [3.8, 4) is 11.5 Å². The number of piperidine rings is 1. The number of rotatable bonds is 11. The quantitative estimate of drug-likeness (QED) is 0.310. The Labute approximate surface area is 208 Å². The van der Waals surface area contributed by atoms with Crippen LogP contribution < -0.4 is 29.9 Å². The lowest BCUT2D eigenvalue weighted by Gasteiger charge is -2.30. The number of hydrogen-bond donors (Lipinski definition) is 4. The second kappa shape index (κ2) is 12.0. The Morgan fingerprint density at radius 2 is 1.71 bits per heavy atom. The number of nitrogens with one attached hydrogen (secondary N) is 4. The van der Waals surface area contributed by atoms with Crippen molar-refractivity contribution in [2.75, 3.05) is 65.1 Å². The summed E-state index contributed by atoms with van der Waals surface area (Å²) >= 11 is 0. The Kier molecular flexibility index (Phi) is 8.60. The minimum absolute atomic E-state index is 0.380. The van der Waals surface area contributed by atoms with Crippen LogP contribution in [-0.4, -0.2) is 70.5 Å². The molecule has 8 nitrogen and oxygen atoms in total. The molecule has 1 aromatic heterocycles. The molecule has 0 saturated carbocycles. The van der Waals surface area contributed by atoms with Crippen LogP contribution in [0.4, 0.5) is 11.8 Å². The first-order valence-electron chi connectivity index (χ1n) is 12.7. The molecule has 0 radical (unpaired) electrons. The number of quaternary nitrogens is 2. The zero-order valence-electron chi connectivity index (χ0n) is 21.5. The molecule has 1 aliphatic rings. The van der Waals surface area contributed by atoms with E-state index in [2.05, 4.69) is 55.1 Å². The summed E-state index contributed by atoms with van der Waals surface area (Å²) in [5.41, 5.74) is 2.25. The van der Waals surface area contributed by atoms with Gasteiger partial charge in [0.1, 0.15) is 12.4 Å². The van der Waals surface area contributed by atoms with Gasteiger partial charge in [-0.1, -0.05) is 30.3 Å². The molecule has 2 aromatic carbocycles. The standard InChI is InChI=1S/C27H38N6O2/c1-32(2)14-8-13-28-27-30-23-18-25(35-4)24(34-3)17-22(23)26(31-27)29-21-11-15-33(16-12-21)19-20-9-6-5-7-10-20/h5-7,9-10,17-18,21H,8,11-16,19H2,1-4H3,(H2,28,29,30,31)/p+2. The van der Waals surface area contributed by atoms with E-state index >= 15 is 0 Å². The van der Waals surface area contributed by atoms with Gasteiger partial charge in [-0.15, -0.1) is 0 Å². The van der Waals surface area contributed by atoms with Crippen LogP contribution in [0.2, 0.25) is 0 Å². The number of nitrogens with zero attached hydrogens (tertiary/aromatic N) is 2. The lowest BCUT2D eigenvalue weighted by molar-refractivity contribution is -0.918. The van der Waals surface area contributed by atoms with E-state index in [9.17, 15) is 0 Å². The zero-order valence-corrected chi connectivity index (χ0v) is 21.5. The van der Waals surface area contributed by atoms with E-state index in [1.54, 1.807) is 19.1 Å². The fourth-order valence-electron chi connectivity index (χ4n) is 4.71. The monoisotopic (exact) mass is 480 g/mol. The van der Waals surface area contributed by atoms with Crippen LogP contribution in [0.5, 0.6) is 11.5 Å². The van der Waals surface area contributed by atoms with Gasteiger partial charge in [-0.05, 0) is 6.07 Å². The molecule has 35 heavy (non-hydrogen) atoms. The Hall–Kier alpha value is -3.10. The number of likely N-dealkylation sites (tertiary alicyclic amines) is 1. The van der Waals surface area contributed by atoms with Gasteiger partial charge in [0.05, 0.1) is 53.5 Å². The summed E-state index contributed by atoms with van der Waals surface area (Å²) < 4.78 is 11.1. The Morgan fingerprint density at radius 1 is 1.00 bits per heavy atom. The van der Waals surface area contributed by atoms with Crippen LogP contribution in [0, 0.1) is 0 Å². The zero-order chi connectivity index (χ0) is 24.6. The highest BCUT2D eigenvalue weighted by Crippen LogP contribution is 2.35. The molecule has 4 rings (SSSR count). The molecule has 0 atom stereocenters. The maximum atomic E-state index is 5.56. The minimum Gasteiger partial charge on any atom is -0.493 e. The predicted octanol–water partition coefficient (Wildman–Crippen LogP) is 1.25. The van der Waals surface area contributed by atoms with Gasteiger partial charge in [-0.25, -0.2) is 4.98 Å². The predicted molar refractivity (Wildman–Crippen MR) is 141 cm³/mol. The van der Waals surface area contributed by atoms with Gasteiger partial charge in [0.2, 0.25) is 5.95 Å². The highest BCUT2D eigenvalue weighted by molar-refractivity contribution is 5.92. The van der Waals surface area contributed by atoms with Crippen molar-refractivity contribution in [3.63, 3.8) is 0 Å². The molecule has 8 heteroatoms. The third kappa shape index (κ3) is 6.74. The van der Waals surface area contributed by atoms with Crippen LogP contribution in [0.1, 0.15) is 24.8 Å². The van der Waals surface area contributed by atoms with Gasteiger partial charge >= 0.3 is 0 Å². The second-order valence-corrected chi connectivity index (χ2v) is 9.69. The third-order valence-electron chi connectivity index (χ3n) is 6.67. The van der Waals surface area contributed by atoms with Crippen molar-refractivity contribution >= 4 is 22.7 Å². The van der Waals surface area contributed by atoms with E-state index in [1.165, 1.54) is 10.5 Å². The number of fused-ring (bicyclic) bond motifs is 1. The molecule has 4 N–H and O–H groups in total. The maximum absolute atomic E-state index is 5.56. The van der Waals surface area contributed by atoms with Crippen LogP contribution in [0.15, 0.2) is 42.5 Å². The summed E-state index contributed by atoms with van der Waals surface area (Å²) in [6.45, 7) is 5.31. The van der Waals surface area contributed by atoms with E-state index in [0.29, 0.717) is 23.5 Å². The molecule has 0 unspecified atom stereocenters. The number of benzene rings is 2. The summed E-state index contributed by atoms with van der Waals surface area (Å²) in [6.07, 6.45) is 3.27. The number of aromatic nitrogens is 2. The molecule has 0 spiro atoms. The Bertz CT molecular complexity index is 1080. The molecule has 1 fully saturated rings. The van der Waals surface area contributed by atoms with E-state index in [-0.39, 0.29) is 0 Å². The summed E-state index contributed by atoms with van der Waals surface area (Å²) in [4.78, 5) is 12.7. The van der Waals surface area contributed by atoms with E-state index in [0.717, 1.165) is 68.7 Å². The van der Waals surface area contributed by atoms with Crippen molar-refractivity contribution in [2.45, 2.75) is 31.8 Å². The fourth-order valence-corrected chi connectivity index (χ4v) is 4.71. The molecule has 1 saturated heterocycles. The van der Waals surface area contributed by atoms with E-state index in [4.69, 9.17) is 19.4 Å². The lowest BCUT2D eigenvalue weighted by Crippen LogP contribution is -3.12. The van der Waals surface area contributed by atoms with Crippen LogP contribution in [-0.2, 0) is 6.54 Å². The second-order valence-electron chi connectivity index (χ2n) is 9.69. The molecular weight excluding hydrogens is 440 g/mol. The summed E-state index contributed by atoms with van der Waals surface area (Å²) in [7, 11) is 7.64. The summed E-state index contributed by atoms with van der Waals surface area (Å²) in [6, 6.07) is 15.1. The van der Waals surface area contributed by atoms with Crippen molar-refractivity contribution in [3.05, 3.63) is 48.0 Å². The Morgan fingerprint density at radius 3 is 2.40 bits per heavy atom. The molecule has 3 aromatic rings. The van der Waals surface area contributed by atoms with Gasteiger partial charge in [-0.2, -0.15) is 4.98 Å². The topological polar surface area (TPSA) is 77.2 Å². The largest absolute Gasteiger partial charge is 0.493 e. The molecular formula is C27H40N6O2+2. The summed E-state index contributed by atoms with van der Waals surface area (Å²) in [5.74, 6) is 2.86. The van der Waals surface area contributed by atoms with Gasteiger partial charge in [-0.3, -0.25) is 0 Å². The summed E-state index contributed by atoms with van der Waals surface area (Å²) in [5, 5.41) is 8.11. The van der Waals surface area contributed by atoms with E-state index in [1.807, 2.05) is 12.1 Å². The third-order valence-corrected chi connectivity index (χ3v) is 6.67.